The van der Waals surface area contributed by atoms with Gasteiger partial charge in [-0.1, -0.05) is 66.0 Å². The lowest BCUT2D eigenvalue weighted by Crippen LogP contribution is -2.45. The molecular weight excluding hydrogens is 497 g/mol. The highest BCUT2D eigenvalue weighted by Gasteiger charge is 2.55. The zero-order valence-corrected chi connectivity index (χ0v) is 23.5. The van der Waals surface area contributed by atoms with Crippen LogP contribution in [0.25, 0.3) is 0 Å². The van der Waals surface area contributed by atoms with Crippen LogP contribution in [0.4, 0.5) is 4.39 Å². The van der Waals surface area contributed by atoms with Gasteiger partial charge in [0.15, 0.2) is 12.4 Å². The minimum Gasteiger partial charge on any atom is -0.386 e. The standard InChI is InChI=1S/C23H39BFO8PS/c1-9-23(25)18(27)16(33-19(23)24-8)15-32-34(29,30-12-10-11-17(26)21(2,3)4)31-13-14-35-20(28)22(5,6)7/h1,16,18-19,24,27H,10-15H2,2-8H3/t16-,18-,19-,23-,34?/m1/s1. The summed E-state index contributed by atoms with van der Waals surface area (Å²) in [5.41, 5.74) is -3.44. The molecule has 1 fully saturated rings. The van der Waals surface area contributed by atoms with Gasteiger partial charge in [-0.3, -0.25) is 23.2 Å². The molecule has 5 atom stereocenters. The molecule has 1 saturated heterocycles. The second kappa shape index (κ2) is 13.2. The second-order valence-electron chi connectivity index (χ2n) is 10.5. The molecule has 0 aromatic heterocycles. The second-order valence-corrected chi connectivity index (χ2v) is 13.2. The van der Waals surface area contributed by atoms with Crippen molar-refractivity contribution in [2.24, 2.45) is 10.8 Å². The number of Topliss-reactive ketones (excluding diaryl/α,β-unsaturated/α-hetero) is 1. The van der Waals surface area contributed by atoms with Crippen LogP contribution in [0.1, 0.15) is 54.4 Å². The summed E-state index contributed by atoms with van der Waals surface area (Å²) < 4.78 is 49.8. The molecule has 0 spiro atoms. The highest BCUT2D eigenvalue weighted by molar-refractivity contribution is 8.13. The van der Waals surface area contributed by atoms with Gasteiger partial charge in [-0.15, -0.1) is 6.42 Å². The molecule has 1 N–H and O–H groups in total. The van der Waals surface area contributed by atoms with Gasteiger partial charge in [0.25, 0.3) is 0 Å². The number of thioether (sulfide) groups is 1. The number of carbonyl (C=O) groups excluding carboxylic acids is 2. The normalized spacial score (nSPS) is 26.7. The van der Waals surface area contributed by atoms with Gasteiger partial charge >= 0.3 is 7.82 Å². The van der Waals surface area contributed by atoms with Crippen LogP contribution in [-0.4, -0.2) is 72.7 Å². The summed E-state index contributed by atoms with van der Waals surface area (Å²) in [6.07, 6.45) is 2.91. The number of carbonyl (C=O) groups is 2. The Morgan fingerprint density at radius 2 is 1.77 bits per heavy atom. The SMILES string of the molecule is C#C[C@]1(F)[C@H](BC)O[C@H](COP(=O)(OCCCC(=O)C(C)(C)C)OCCSC(=O)C(C)(C)C)[C@H]1O. The first-order valence-corrected chi connectivity index (χ1v) is 14.2. The van der Waals surface area contributed by atoms with Crippen molar-refractivity contribution in [2.45, 2.75) is 85.1 Å². The number of hydrogen-bond donors (Lipinski definition) is 1. The lowest BCUT2D eigenvalue weighted by atomic mass is 9.67. The Balaban J connectivity index is 2.77. The number of aliphatic hydroxyl groups is 1. The molecule has 0 aliphatic carbocycles. The van der Waals surface area contributed by atoms with Crippen molar-refractivity contribution >= 4 is 37.8 Å². The van der Waals surface area contributed by atoms with Crippen LogP contribution in [0.3, 0.4) is 0 Å². The lowest BCUT2D eigenvalue weighted by Gasteiger charge is -2.23. The smallest absolute Gasteiger partial charge is 0.386 e. The van der Waals surface area contributed by atoms with Gasteiger partial charge in [0.05, 0.1) is 25.8 Å². The number of rotatable bonds is 13. The first-order chi connectivity index (χ1) is 16.0. The van der Waals surface area contributed by atoms with Crippen LogP contribution < -0.4 is 0 Å². The third-order valence-electron chi connectivity index (χ3n) is 5.39. The van der Waals surface area contributed by atoms with E-state index in [2.05, 4.69) is 0 Å². The maximum Gasteiger partial charge on any atom is 0.474 e. The number of phosphoric ester groups is 1. The Labute approximate surface area is 213 Å². The number of hydrogen-bond acceptors (Lipinski definition) is 9. The molecule has 0 radical (unpaired) electrons. The molecule has 1 aliphatic rings. The molecule has 8 nitrogen and oxygen atoms in total. The summed E-state index contributed by atoms with van der Waals surface area (Å²) in [7, 11) is -3.96. The van der Waals surface area contributed by atoms with E-state index in [9.17, 15) is 23.7 Å². The minimum atomic E-state index is -4.18. The van der Waals surface area contributed by atoms with Crippen molar-refractivity contribution in [2.75, 3.05) is 25.6 Å². The van der Waals surface area contributed by atoms with Crippen molar-refractivity contribution < 1.29 is 42.0 Å². The first-order valence-electron chi connectivity index (χ1n) is 11.7. The molecule has 0 bridgehead atoms. The van der Waals surface area contributed by atoms with E-state index in [-0.39, 0.29) is 50.0 Å². The van der Waals surface area contributed by atoms with Crippen LogP contribution in [0.2, 0.25) is 6.82 Å². The number of halogens is 1. The Morgan fingerprint density at radius 1 is 1.17 bits per heavy atom. The first kappa shape index (κ1) is 32.3. The van der Waals surface area contributed by atoms with E-state index >= 15 is 0 Å². The van der Waals surface area contributed by atoms with Crippen molar-refractivity contribution in [1.29, 1.82) is 0 Å². The summed E-state index contributed by atoms with van der Waals surface area (Å²) in [5, 5.41) is 10.3. The number of ether oxygens (including phenoxy) is 1. The van der Waals surface area contributed by atoms with E-state index in [1.807, 2.05) is 5.92 Å². The van der Waals surface area contributed by atoms with Gasteiger partial charge in [-0.25, -0.2) is 8.96 Å². The maximum atomic E-state index is 14.9. The Kier molecular flexibility index (Phi) is 12.2. The molecule has 1 heterocycles. The lowest BCUT2D eigenvalue weighted by molar-refractivity contribution is -0.126. The van der Waals surface area contributed by atoms with Crippen molar-refractivity contribution in [1.82, 2.24) is 0 Å². The van der Waals surface area contributed by atoms with Crippen LogP contribution in [-0.2, 0) is 32.5 Å². The zero-order valence-electron chi connectivity index (χ0n) is 21.8. The maximum absolute atomic E-state index is 14.9. The summed E-state index contributed by atoms with van der Waals surface area (Å²) in [5.74, 6) is 2.19. The van der Waals surface area contributed by atoms with Gasteiger partial charge in [0.1, 0.15) is 18.0 Å². The molecule has 0 amide bonds. The number of alkyl halides is 1. The number of aliphatic hydroxyl groups excluding tert-OH is 1. The van der Waals surface area contributed by atoms with E-state index in [1.54, 1.807) is 48.4 Å². The molecule has 0 aromatic carbocycles. The van der Waals surface area contributed by atoms with Gasteiger partial charge in [0.2, 0.25) is 5.67 Å². The summed E-state index contributed by atoms with van der Waals surface area (Å²) in [4.78, 5) is 24.2. The summed E-state index contributed by atoms with van der Waals surface area (Å²) in [6, 6.07) is -1.04. The largest absolute Gasteiger partial charge is 0.474 e. The fraction of sp³-hybridized carbons (Fsp3) is 0.826. The molecular formula is C23H39BFO8PS. The zero-order chi connectivity index (χ0) is 27.1. The molecule has 0 saturated carbocycles. The van der Waals surface area contributed by atoms with Crippen molar-refractivity contribution in [3.05, 3.63) is 0 Å². The number of phosphoric acid groups is 1. The van der Waals surface area contributed by atoms with Crippen LogP contribution in [0, 0.1) is 23.2 Å². The van der Waals surface area contributed by atoms with E-state index < -0.39 is 49.1 Å². The monoisotopic (exact) mass is 536 g/mol. The Bertz CT molecular complexity index is 784. The Morgan fingerprint density at radius 3 is 2.26 bits per heavy atom. The molecule has 35 heavy (non-hydrogen) atoms. The Hall–Kier alpha value is -0.725. The molecule has 200 valence electrons. The topological polar surface area (TPSA) is 108 Å². The summed E-state index contributed by atoms with van der Waals surface area (Å²) >= 11 is 1.03. The minimum absolute atomic E-state index is 0.0246. The van der Waals surface area contributed by atoms with E-state index in [1.165, 1.54) is 0 Å². The van der Waals surface area contributed by atoms with Gasteiger partial charge in [-0.2, -0.15) is 0 Å². The predicted octanol–water partition coefficient (Wildman–Crippen LogP) is 3.76. The summed E-state index contributed by atoms with van der Waals surface area (Å²) in [6.45, 7) is 11.8. The van der Waals surface area contributed by atoms with Crippen LogP contribution >= 0.6 is 19.6 Å². The molecule has 12 heteroatoms. The average Bonchev–Trinajstić information content (AvgIpc) is 3.01. The van der Waals surface area contributed by atoms with Crippen LogP contribution in [0.15, 0.2) is 0 Å². The fourth-order valence-corrected chi connectivity index (χ4v) is 5.24. The quantitative estimate of drug-likeness (QED) is 0.163. The van der Waals surface area contributed by atoms with Gasteiger partial charge < -0.3 is 9.84 Å². The number of terminal acetylenes is 1. The highest BCUT2D eigenvalue weighted by atomic mass is 32.2. The molecule has 1 unspecified atom stereocenters. The molecule has 1 aliphatic heterocycles. The molecule has 1 rings (SSSR count). The van der Waals surface area contributed by atoms with Crippen molar-refractivity contribution in [3.8, 4) is 12.3 Å². The van der Waals surface area contributed by atoms with E-state index in [4.69, 9.17) is 24.7 Å². The number of ketones is 1. The van der Waals surface area contributed by atoms with E-state index in [0.29, 0.717) is 0 Å². The fourth-order valence-electron chi connectivity index (χ4n) is 3.11. The van der Waals surface area contributed by atoms with Crippen LogP contribution in [0.5, 0.6) is 0 Å². The highest BCUT2D eigenvalue weighted by Crippen LogP contribution is 2.50. The third kappa shape index (κ3) is 9.58. The van der Waals surface area contributed by atoms with Gasteiger partial charge in [-0.05, 0) is 6.42 Å². The average molecular weight is 536 g/mol. The van der Waals surface area contributed by atoms with E-state index in [0.717, 1.165) is 11.8 Å². The third-order valence-corrected chi connectivity index (χ3v) is 8.10. The predicted molar refractivity (Wildman–Crippen MR) is 136 cm³/mol. The van der Waals surface area contributed by atoms with Crippen molar-refractivity contribution in [3.63, 3.8) is 0 Å². The molecule has 0 aromatic rings. The van der Waals surface area contributed by atoms with Gasteiger partial charge in [0, 0.05) is 23.0 Å².